The van der Waals surface area contributed by atoms with Gasteiger partial charge in [0.25, 0.3) is 0 Å². The zero-order valence-electron chi connectivity index (χ0n) is 11.9. The SMILES string of the molecule is CC(C)(CNc1ccnc(C#N)c1)N1CCS(=O)CC1. The highest BCUT2D eigenvalue weighted by molar-refractivity contribution is 7.85. The van der Waals surface area contributed by atoms with Gasteiger partial charge in [-0.3, -0.25) is 9.11 Å². The normalized spacial score (nSPS) is 17.6. The molecule has 1 aliphatic heterocycles. The Bertz CT molecular complexity index is 528. The van der Waals surface area contributed by atoms with Crippen LogP contribution in [0.1, 0.15) is 19.5 Å². The number of nitriles is 1. The standard InChI is InChI=1S/C14H20N4OS/c1-14(2,18-5-7-20(19)8-6-18)11-17-12-3-4-16-13(9-12)10-15/h3-4,9H,5-8,11H2,1-2H3,(H,16,17). The van der Waals surface area contributed by atoms with Crippen LogP contribution in [0.4, 0.5) is 5.69 Å². The maximum absolute atomic E-state index is 11.4. The van der Waals surface area contributed by atoms with Gasteiger partial charge in [-0.1, -0.05) is 0 Å². The fourth-order valence-electron chi connectivity index (χ4n) is 2.28. The molecule has 1 aromatic heterocycles. The molecule has 2 heterocycles. The molecule has 0 spiro atoms. The minimum Gasteiger partial charge on any atom is -0.383 e. The van der Waals surface area contributed by atoms with Crippen LogP contribution in [0.5, 0.6) is 0 Å². The number of hydrogen-bond donors (Lipinski definition) is 1. The number of pyridine rings is 1. The van der Waals surface area contributed by atoms with Crippen molar-refractivity contribution in [3.8, 4) is 6.07 Å². The van der Waals surface area contributed by atoms with Gasteiger partial charge in [-0.2, -0.15) is 5.26 Å². The minimum atomic E-state index is -0.646. The Morgan fingerprint density at radius 2 is 2.20 bits per heavy atom. The molecule has 1 aromatic rings. The van der Waals surface area contributed by atoms with Crippen LogP contribution in [-0.2, 0) is 10.8 Å². The number of aromatic nitrogens is 1. The number of hydrogen-bond acceptors (Lipinski definition) is 5. The lowest BCUT2D eigenvalue weighted by molar-refractivity contribution is 0.145. The predicted molar refractivity (Wildman–Crippen MR) is 81.0 cm³/mol. The Morgan fingerprint density at radius 3 is 2.85 bits per heavy atom. The molecule has 0 saturated carbocycles. The molecular weight excluding hydrogens is 272 g/mol. The molecule has 1 saturated heterocycles. The van der Waals surface area contributed by atoms with Crippen molar-refractivity contribution in [3.05, 3.63) is 24.0 Å². The molecule has 20 heavy (non-hydrogen) atoms. The van der Waals surface area contributed by atoms with Crippen LogP contribution in [-0.4, -0.2) is 50.8 Å². The summed E-state index contributed by atoms with van der Waals surface area (Å²) in [6.45, 7) is 6.89. The fraction of sp³-hybridized carbons (Fsp3) is 0.571. The molecule has 0 atom stereocenters. The molecule has 1 fully saturated rings. The predicted octanol–water partition coefficient (Wildman–Crippen LogP) is 1.21. The van der Waals surface area contributed by atoms with Gasteiger partial charge >= 0.3 is 0 Å². The molecule has 108 valence electrons. The zero-order chi connectivity index (χ0) is 14.6. The second-order valence-electron chi connectivity index (χ2n) is 5.54. The molecule has 0 unspecified atom stereocenters. The molecule has 0 bridgehead atoms. The lowest BCUT2D eigenvalue weighted by atomic mass is 10.0. The Kier molecular flexibility index (Phi) is 4.73. The molecule has 2 rings (SSSR count). The van der Waals surface area contributed by atoms with E-state index in [0.29, 0.717) is 5.69 Å². The summed E-state index contributed by atoms with van der Waals surface area (Å²) in [5.41, 5.74) is 1.31. The first-order chi connectivity index (χ1) is 9.51. The highest BCUT2D eigenvalue weighted by atomic mass is 32.2. The third-order valence-electron chi connectivity index (χ3n) is 3.63. The van der Waals surface area contributed by atoms with E-state index in [1.165, 1.54) is 0 Å². The molecule has 6 heteroatoms. The summed E-state index contributed by atoms with van der Waals surface area (Å²) in [5, 5.41) is 12.2. The van der Waals surface area contributed by atoms with Crippen molar-refractivity contribution in [3.63, 3.8) is 0 Å². The number of rotatable bonds is 4. The Hall–Kier alpha value is -1.45. The maximum atomic E-state index is 11.4. The second-order valence-corrected chi connectivity index (χ2v) is 7.24. The van der Waals surface area contributed by atoms with Crippen LogP contribution >= 0.6 is 0 Å². The second kappa shape index (κ2) is 6.33. The first-order valence-electron chi connectivity index (χ1n) is 6.71. The maximum Gasteiger partial charge on any atom is 0.142 e. The van der Waals surface area contributed by atoms with Crippen LogP contribution in [0.3, 0.4) is 0 Å². The molecule has 0 amide bonds. The fourth-order valence-corrected chi connectivity index (χ4v) is 3.33. The van der Waals surface area contributed by atoms with E-state index >= 15 is 0 Å². The van der Waals surface area contributed by atoms with Crippen molar-refractivity contribution in [2.24, 2.45) is 0 Å². The van der Waals surface area contributed by atoms with E-state index in [4.69, 9.17) is 5.26 Å². The number of anilines is 1. The zero-order valence-corrected chi connectivity index (χ0v) is 12.7. The van der Waals surface area contributed by atoms with Crippen molar-refractivity contribution >= 4 is 16.5 Å². The summed E-state index contributed by atoms with van der Waals surface area (Å²) in [4.78, 5) is 6.32. The van der Waals surface area contributed by atoms with Gasteiger partial charge in [0.15, 0.2) is 0 Å². The highest BCUT2D eigenvalue weighted by Gasteiger charge is 2.29. The van der Waals surface area contributed by atoms with Crippen molar-refractivity contribution in [1.82, 2.24) is 9.88 Å². The first kappa shape index (κ1) is 14.9. The lowest BCUT2D eigenvalue weighted by Crippen LogP contribution is -2.53. The van der Waals surface area contributed by atoms with E-state index < -0.39 is 10.8 Å². The molecule has 1 N–H and O–H groups in total. The molecule has 5 nitrogen and oxygen atoms in total. The van der Waals surface area contributed by atoms with Gasteiger partial charge in [0.05, 0.1) is 0 Å². The van der Waals surface area contributed by atoms with E-state index in [-0.39, 0.29) is 5.54 Å². The average molecular weight is 292 g/mol. The first-order valence-corrected chi connectivity index (χ1v) is 8.20. The van der Waals surface area contributed by atoms with Gasteiger partial charge in [0.1, 0.15) is 11.8 Å². The topological polar surface area (TPSA) is 69.0 Å². The number of nitrogens with one attached hydrogen (secondary N) is 1. The summed E-state index contributed by atoms with van der Waals surface area (Å²) in [6, 6.07) is 5.65. The summed E-state index contributed by atoms with van der Waals surface area (Å²) in [7, 11) is -0.646. The molecule has 1 aliphatic rings. The van der Waals surface area contributed by atoms with Crippen LogP contribution in [0, 0.1) is 11.3 Å². The van der Waals surface area contributed by atoms with E-state index in [9.17, 15) is 4.21 Å². The van der Waals surface area contributed by atoms with Gasteiger partial charge in [-0.25, -0.2) is 4.98 Å². The smallest absolute Gasteiger partial charge is 0.142 e. The van der Waals surface area contributed by atoms with E-state index in [2.05, 4.69) is 29.0 Å². The molecule has 0 radical (unpaired) electrons. The van der Waals surface area contributed by atoms with Crippen LogP contribution in [0.15, 0.2) is 18.3 Å². The van der Waals surface area contributed by atoms with Gasteiger partial charge < -0.3 is 5.32 Å². The van der Waals surface area contributed by atoms with E-state index in [1.807, 2.05) is 12.1 Å². The summed E-state index contributed by atoms with van der Waals surface area (Å²) in [5.74, 6) is 1.52. The van der Waals surface area contributed by atoms with Gasteiger partial charge in [-0.05, 0) is 26.0 Å². The van der Waals surface area contributed by atoms with Crippen molar-refractivity contribution in [1.29, 1.82) is 5.26 Å². The third kappa shape index (κ3) is 3.78. The quantitative estimate of drug-likeness (QED) is 0.903. The Morgan fingerprint density at radius 1 is 1.50 bits per heavy atom. The molecule has 0 aliphatic carbocycles. The van der Waals surface area contributed by atoms with Crippen LogP contribution in [0.25, 0.3) is 0 Å². The monoisotopic (exact) mass is 292 g/mol. The van der Waals surface area contributed by atoms with Crippen LogP contribution < -0.4 is 5.32 Å². The highest BCUT2D eigenvalue weighted by Crippen LogP contribution is 2.18. The Balaban J connectivity index is 1.94. The van der Waals surface area contributed by atoms with Gasteiger partial charge in [0, 0.05) is 59.4 Å². The van der Waals surface area contributed by atoms with Crippen molar-refractivity contribution in [2.45, 2.75) is 19.4 Å². The minimum absolute atomic E-state index is 0.0132. The van der Waals surface area contributed by atoms with E-state index in [1.54, 1.807) is 12.3 Å². The average Bonchev–Trinajstić information content (AvgIpc) is 2.46. The van der Waals surface area contributed by atoms with Gasteiger partial charge in [-0.15, -0.1) is 0 Å². The van der Waals surface area contributed by atoms with Gasteiger partial charge in [0.2, 0.25) is 0 Å². The van der Waals surface area contributed by atoms with Crippen LogP contribution in [0.2, 0.25) is 0 Å². The molecule has 0 aromatic carbocycles. The summed E-state index contributed by atoms with van der Waals surface area (Å²) >= 11 is 0. The summed E-state index contributed by atoms with van der Waals surface area (Å²) in [6.07, 6.45) is 1.64. The molecular formula is C14H20N4OS. The van der Waals surface area contributed by atoms with Crippen molar-refractivity contribution in [2.75, 3.05) is 36.5 Å². The Labute approximate surface area is 122 Å². The number of nitrogens with zero attached hydrogens (tertiary/aromatic N) is 3. The third-order valence-corrected chi connectivity index (χ3v) is 4.91. The van der Waals surface area contributed by atoms with E-state index in [0.717, 1.165) is 36.8 Å². The lowest BCUT2D eigenvalue weighted by Gasteiger charge is -2.41. The largest absolute Gasteiger partial charge is 0.383 e. The summed E-state index contributed by atoms with van der Waals surface area (Å²) < 4.78 is 11.4. The van der Waals surface area contributed by atoms with Crippen molar-refractivity contribution < 1.29 is 4.21 Å².